The number of guanidine groups is 1. The molecule has 2 N–H and O–H groups in total. The second kappa shape index (κ2) is 7.90. The molecule has 0 fully saturated rings. The van der Waals surface area contributed by atoms with Crippen LogP contribution in [0.1, 0.15) is 30.3 Å². The number of rotatable bonds is 5. The summed E-state index contributed by atoms with van der Waals surface area (Å²) < 4.78 is 1.98. The minimum absolute atomic E-state index is 0.333. The Kier molecular flexibility index (Phi) is 5.40. The monoisotopic (exact) mass is 327 g/mol. The third-order valence-electron chi connectivity index (χ3n) is 4.28. The van der Waals surface area contributed by atoms with Crippen LogP contribution in [0.25, 0.3) is 0 Å². The minimum atomic E-state index is 0.333. The van der Waals surface area contributed by atoms with Crippen molar-refractivity contribution in [2.45, 2.75) is 45.7 Å². The Morgan fingerprint density at radius 2 is 2.38 bits per heavy atom. The fourth-order valence-electron chi connectivity index (χ4n) is 2.94. The van der Waals surface area contributed by atoms with Crippen molar-refractivity contribution in [2.24, 2.45) is 4.99 Å². The van der Waals surface area contributed by atoms with Gasteiger partial charge in [-0.3, -0.25) is 9.98 Å². The van der Waals surface area contributed by atoms with Crippen LogP contribution in [0.5, 0.6) is 0 Å². The molecule has 7 heteroatoms. The van der Waals surface area contributed by atoms with Gasteiger partial charge < -0.3 is 10.6 Å². The number of aliphatic imine (C=N–C) groups is 1. The molecule has 2 aromatic heterocycles. The summed E-state index contributed by atoms with van der Waals surface area (Å²) in [6.07, 6.45) is 8.30. The van der Waals surface area contributed by atoms with Crippen LogP contribution in [0, 0.1) is 6.92 Å². The third-order valence-corrected chi connectivity index (χ3v) is 4.28. The Morgan fingerprint density at radius 3 is 3.21 bits per heavy atom. The highest BCUT2D eigenvalue weighted by Gasteiger charge is 2.20. The number of hydrogen-bond acceptors (Lipinski definition) is 4. The van der Waals surface area contributed by atoms with Crippen LogP contribution in [0.3, 0.4) is 0 Å². The predicted molar refractivity (Wildman–Crippen MR) is 93.9 cm³/mol. The Labute approximate surface area is 142 Å². The molecular formula is C17H25N7. The van der Waals surface area contributed by atoms with Crippen molar-refractivity contribution < 1.29 is 0 Å². The first-order valence-corrected chi connectivity index (χ1v) is 8.57. The van der Waals surface area contributed by atoms with Gasteiger partial charge in [0.25, 0.3) is 0 Å². The number of pyridine rings is 1. The third kappa shape index (κ3) is 4.10. The van der Waals surface area contributed by atoms with E-state index in [1.54, 1.807) is 6.33 Å². The zero-order valence-electron chi connectivity index (χ0n) is 14.4. The van der Waals surface area contributed by atoms with Crippen molar-refractivity contribution in [1.82, 2.24) is 30.4 Å². The van der Waals surface area contributed by atoms with Crippen LogP contribution in [0.4, 0.5) is 0 Å². The first-order chi connectivity index (χ1) is 11.8. The molecule has 0 spiro atoms. The Hall–Kier alpha value is -2.44. The lowest BCUT2D eigenvalue weighted by molar-refractivity contribution is 0.393. The zero-order chi connectivity index (χ0) is 16.8. The van der Waals surface area contributed by atoms with E-state index in [0.717, 1.165) is 50.7 Å². The van der Waals surface area contributed by atoms with Gasteiger partial charge in [0.2, 0.25) is 0 Å². The van der Waals surface area contributed by atoms with Crippen LogP contribution in [0.2, 0.25) is 0 Å². The smallest absolute Gasteiger partial charge is 0.191 e. The van der Waals surface area contributed by atoms with Gasteiger partial charge in [-0.1, -0.05) is 0 Å². The highest BCUT2D eigenvalue weighted by molar-refractivity contribution is 5.80. The molecule has 0 aliphatic carbocycles. The first kappa shape index (κ1) is 16.4. The summed E-state index contributed by atoms with van der Waals surface area (Å²) in [6.45, 7) is 6.61. The van der Waals surface area contributed by atoms with E-state index >= 15 is 0 Å². The van der Waals surface area contributed by atoms with E-state index in [0.29, 0.717) is 6.04 Å². The normalized spacial score (nSPS) is 17.4. The van der Waals surface area contributed by atoms with Gasteiger partial charge in [0.05, 0.1) is 6.54 Å². The lowest BCUT2D eigenvalue weighted by atomic mass is 10.1. The quantitative estimate of drug-likeness (QED) is 0.635. The standard InChI is InChI=1S/C17H25N7/c1-3-19-17(20-9-7-14-6-8-18-10-13(14)2)23-15-4-5-16-21-12-22-24(16)11-15/h6,8,10,12,15H,3-5,7,9,11H2,1-2H3,(H2,19,20,23). The summed E-state index contributed by atoms with van der Waals surface area (Å²) in [7, 11) is 0. The molecule has 0 saturated heterocycles. The van der Waals surface area contributed by atoms with Gasteiger partial charge in [0, 0.05) is 37.9 Å². The van der Waals surface area contributed by atoms with E-state index in [9.17, 15) is 0 Å². The van der Waals surface area contributed by atoms with Crippen molar-refractivity contribution in [3.8, 4) is 0 Å². The molecule has 1 unspecified atom stereocenters. The van der Waals surface area contributed by atoms with Gasteiger partial charge >= 0.3 is 0 Å². The highest BCUT2D eigenvalue weighted by atomic mass is 15.4. The van der Waals surface area contributed by atoms with Crippen LogP contribution >= 0.6 is 0 Å². The molecule has 24 heavy (non-hydrogen) atoms. The molecule has 1 aliphatic heterocycles. The largest absolute Gasteiger partial charge is 0.357 e. The van der Waals surface area contributed by atoms with Crippen LogP contribution in [-0.2, 0) is 19.4 Å². The van der Waals surface area contributed by atoms with Gasteiger partial charge in [-0.2, -0.15) is 5.10 Å². The number of aryl methyl sites for hydroxylation is 2. The van der Waals surface area contributed by atoms with Crippen molar-refractivity contribution in [2.75, 3.05) is 13.1 Å². The lowest BCUT2D eigenvalue weighted by Gasteiger charge is -2.25. The second-order valence-corrected chi connectivity index (χ2v) is 6.05. The van der Waals surface area contributed by atoms with E-state index < -0.39 is 0 Å². The van der Waals surface area contributed by atoms with E-state index in [1.807, 2.05) is 17.1 Å². The average Bonchev–Trinajstić information content (AvgIpc) is 3.04. The van der Waals surface area contributed by atoms with Gasteiger partial charge in [-0.05, 0) is 43.9 Å². The molecule has 128 valence electrons. The molecule has 1 aliphatic rings. The maximum Gasteiger partial charge on any atom is 0.191 e. The number of aromatic nitrogens is 4. The van der Waals surface area contributed by atoms with Crippen molar-refractivity contribution in [1.29, 1.82) is 0 Å². The molecular weight excluding hydrogens is 302 g/mol. The summed E-state index contributed by atoms with van der Waals surface area (Å²) in [4.78, 5) is 13.1. The van der Waals surface area contributed by atoms with E-state index in [1.165, 1.54) is 11.1 Å². The summed E-state index contributed by atoms with van der Waals surface area (Å²) in [5.74, 6) is 1.95. The van der Waals surface area contributed by atoms with Crippen molar-refractivity contribution in [3.05, 3.63) is 41.7 Å². The molecule has 3 heterocycles. The topological polar surface area (TPSA) is 80.0 Å². The highest BCUT2D eigenvalue weighted by Crippen LogP contribution is 2.11. The maximum absolute atomic E-state index is 4.72. The van der Waals surface area contributed by atoms with Crippen LogP contribution < -0.4 is 10.6 Å². The Balaban J connectivity index is 1.57. The van der Waals surface area contributed by atoms with Crippen LogP contribution in [0.15, 0.2) is 29.8 Å². The molecule has 1 atom stereocenters. The fraction of sp³-hybridized carbons (Fsp3) is 0.529. The summed E-state index contributed by atoms with van der Waals surface area (Å²) in [5.41, 5.74) is 2.52. The first-order valence-electron chi connectivity index (χ1n) is 8.57. The minimum Gasteiger partial charge on any atom is -0.357 e. The van der Waals surface area contributed by atoms with E-state index in [2.05, 4.69) is 45.6 Å². The SMILES string of the molecule is CCNC(=NCCc1ccncc1C)NC1CCc2ncnn2C1. The second-order valence-electron chi connectivity index (χ2n) is 6.05. The summed E-state index contributed by atoms with van der Waals surface area (Å²) in [6, 6.07) is 2.40. The van der Waals surface area contributed by atoms with E-state index in [4.69, 9.17) is 4.99 Å². The predicted octanol–water partition coefficient (Wildman–Crippen LogP) is 1.09. The Morgan fingerprint density at radius 1 is 1.46 bits per heavy atom. The molecule has 0 saturated carbocycles. The average molecular weight is 327 g/mol. The molecule has 0 bridgehead atoms. The van der Waals surface area contributed by atoms with Crippen LogP contribution in [-0.4, -0.2) is 44.8 Å². The van der Waals surface area contributed by atoms with Gasteiger partial charge in [0.15, 0.2) is 5.96 Å². The van der Waals surface area contributed by atoms with Gasteiger partial charge in [-0.15, -0.1) is 0 Å². The number of nitrogens with one attached hydrogen (secondary N) is 2. The molecule has 0 aromatic carbocycles. The van der Waals surface area contributed by atoms with Gasteiger partial charge in [0.1, 0.15) is 12.2 Å². The number of hydrogen-bond donors (Lipinski definition) is 2. The molecule has 2 aromatic rings. The van der Waals surface area contributed by atoms with Gasteiger partial charge in [-0.25, -0.2) is 9.67 Å². The number of fused-ring (bicyclic) bond motifs is 1. The zero-order valence-corrected chi connectivity index (χ0v) is 14.4. The van der Waals surface area contributed by atoms with E-state index in [-0.39, 0.29) is 0 Å². The van der Waals surface area contributed by atoms with Crippen molar-refractivity contribution >= 4 is 5.96 Å². The van der Waals surface area contributed by atoms with Crippen molar-refractivity contribution in [3.63, 3.8) is 0 Å². The summed E-state index contributed by atoms with van der Waals surface area (Å²) >= 11 is 0. The lowest BCUT2D eigenvalue weighted by Crippen LogP contribution is -2.47. The molecule has 3 rings (SSSR count). The summed E-state index contributed by atoms with van der Waals surface area (Å²) in [5, 5.41) is 11.1. The fourth-order valence-corrected chi connectivity index (χ4v) is 2.94. The Bertz CT molecular complexity index is 692. The molecule has 0 radical (unpaired) electrons. The molecule has 0 amide bonds. The maximum atomic E-state index is 4.72. The number of nitrogens with zero attached hydrogens (tertiary/aromatic N) is 5. The molecule has 7 nitrogen and oxygen atoms in total.